The smallest absolute Gasteiger partial charge is 0.408 e. The highest BCUT2D eigenvalue weighted by Gasteiger charge is 2.40. The highest BCUT2D eigenvalue weighted by molar-refractivity contribution is 5.82. The second kappa shape index (κ2) is 15.6. The van der Waals surface area contributed by atoms with E-state index in [1.54, 1.807) is 41.5 Å². The van der Waals surface area contributed by atoms with E-state index >= 15 is 0 Å². The van der Waals surface area contributed by atoms with E-state index in [2.05, 4.69) is 10.6 Å². The van der Waals surface area contributed by atoms with Crippen molar-refractivity contribution in [1.82, 2.24) is 10.6 Å². The summed E-state index contributed by atoms with van der Waals surface area (Å²) >= 11 is 0. The van der Waals surface area contributed by atoms with Crippen molar-refractivity contribution < 1.29 is 47.7 Å². The molecule has 0 unspecified atom stereocenters. The standard InChI is InChI=1S/C30H46N2O10/c1-19-11-9-8-10-12-20-15-21(39-25(34)17-31-27(36)41-29(2,3)4)16-22(20)23(13-14-24(33)38-19)40-26(35)18-32-28(37)42-30(5,6)7/h10,12-14,19-23H,8-9,11,15-18H2,1-7H3,(H,31,36)(H,32,37)/b12-10+,14-13+/t19-,20+,21-,22+,23+/m0/s1. The summed E-state index contributed by atoms with van der Waals surface area (Å²) in [6, 6.07) is 0. The van der Waals surface area contributed by atoms with Crippen LogP contribution in [0, 0.1) is 11.8 Å². The minimum atomic E-state index is -0.875. The van der Waals surface area contributed by atoms with Crippen LogP contribution in [-0.4, -0.2) is 72.7 Å². The summed E-state index contributed by atoms with van der Waals surface area (Å²) in [5.74, 6) is -2.41. The average molecular weight is 595 g/mol. The maximum Gasteiger partial charge on any atom is 0.408 e. The van der Waals surface area contributed by atoms with E-state index < -0.39 is 60.0 Å². The predicted molar refractivity (Wildman–Crippen MR) is 152 cm³/mol. The van der Waals surface area contributed by atoms with E-state index in [1.807, 2.05) is 19.1 Å². The molecule has 0 aromatic rings. The Morgan fingerprint density at radius 1 is 0.881 bits per heavy atom. The zero-order chi connectivity index (χ0) is 31.5. The second-order valence-corrected chi connectivity index (χ2v) is 12.5. The number of ether oxygens (including phenoxy) is 5. The number of hydrogen-bond donors (Lipinski definition) is 2. The Labute approximate surface area is 247 Å². The minimum Gasteiger partial charge on any atom is -0.461 e. The molecule has 1 aliphatic carbocycles. The normalized spacial score (nSPS) is 26.5. The number of amides is 2. The molecule has 2 aliphatic rings. The van der Waals surface area contributed by atoms with Gasteiger partial charge in [0.2, 0.25) is 0 Å². The van der Waals surface area contributed by atoms with Gasteiger partial charge >= 0.3 is 30.1 Å². The van der Waals surface area contributed by atoms with Gasteiger partial charge in [0.25, 0.3) is 0 Å². The molecule has 0 aromatic carbocycles. The molecule has 0 spiro atoms. The van der Waals surface area contributed by atoms with Gasteiger partial charge in [0.1, 0.15) is 36.5 Å². The van der Waals surface area contributed by atoms with Crippen LogP contribution in [0.25, 0.3) is 0 Å². The third-order valence-corrected chi connectivity index (χ3v) is 6.26. The highest BCUT2D eigenvalue weighted by atomic mass is 16.6. The summed E-state index contributed by atoms with van der Waals surface area (Å²) in [7, 11) is 0. The van der Waals surface area contributed by atoms with E-state index in [0.717, 1.165) is 12.8 Å². The number of carbonyl (C=O) groups excluding carboxylic acids is 5. The van der Waals surface area contributed by atoms with E-state index in [-0.39, 0.29) is 24.5 Å². The van der Waals surface area contributed by atoms with Gasteiger partial charge in [0, 0.05) is 12.0 Å². The van der Waals surface area contributed by atoms with Crippen LogP contribution < -0.4 is 10.6 Å². The molecule has 1 fully saturated rings. The molecule has 0 bridgehead atoms. The van der Waals surface area contributed by atoms with Gasteiger partial charge in [-0.15, -0.1) is 0 Å². The number of hydrogen-bond acceptors (Lipinski definition) is 10. The van der Waals surface area contributed by atoms with Crippen LogP contribution in [0.3, 0.4) is 0 Å². The zero-order valence-electron chi connectivity index (χ0n) is 25.7. The lowest BCUT2D eigenvalue weighted by Crippen LogP contribution is -2.38. The number of esters is 3. The number of fused-ring (bicyclic) bond motifs is 1. The molecule has 12 heteroatoms. The molecular formula is C30H46N2O10. The van der Waals surface area contributed by atoms with E-state index in [0.29, 0.717) is 19.3 Å². The molecule has 5 atom stereocenters. The van der Waals surface area contributed by atoms with Crippen molar-refractivity contribution in [2.75, 3.05) is 13.1 Å². The first kappa shape index (κ1) is 34.6. The Hall–Kier alpha value is -3.57. The summed E-state index contributed by atoms with van der Waals surface area (Å²) in [5, 5.41) is 4.76. The van der Waals surface area contributed by atoms with Crippen molar-refractivity contribution in [2.45, 2.75) is 110 Å². The first-order valence-electron chi connectivity index (χ1n) is 14.4. The fourth-order valence-corrected chi connectivity index (χ4v) is 4.62. The molecule has 12 nitrogen and oxygen atoms in total. The maximum atomic E-state index is 12.7. The lowest BCUT2D eigenvalue weighted by molar-refractivity contribution is -0.151. The zero-order valence-corrected chi connectivity index (χ0v) is 25.7. The molecule has 2 N–H and O–H groups in total. The summed E-state index contributed by atoms with van der Waals surface area (Å²) in [5.41, 5.74) is -1.45. The van der Waals surface area contributed by atoms with E-state index in [1.165, 1.54) is 12.2 Å². The quantitative estimate of drug-likeness (QED) is 0.261. The van der Waals surface area contributed by atoms with Crippen LogP contribution in [-0.2, 0) is 38.1 Å². The van der Waals surface area contributed by atoms with Crippen LogP contribution in [0.1, 0.15) is 80.6 Å². The molecule has 2 amide bonds. The van der Waals surface area contributed by atoms with Gasteiger partial charge in [0.05, 0.1) is 6.10 Å². The Morgan fingerprint density at radius 3 is 2.02 bits per heavy atom. The van der Waals surface area contributed by atoms with Gasteiger partial charge < -0.3 is 34.3 Å². The number of rotatable bonds is 6. The van der Waals surface area contributed by atoms with Crippen LogP contribution in [0.5, 0.6) is 0 Å². The lowest BCUT2D eigenvalue weighted by Gasteiger charge is -2.25. The molecular weight excluding hydrogens is 548 g/mol. The van der Waals surface area contributed by atoms with Gasteiger partial charge in [-0.3, -0.25) is 9.59 Å². The number of alkyl carbamates (subject to hydrolysis) is 2. The highest BCUT2D eigenvalue weighted by Crippen LogP contribution is 2.39. The third kappa shape index (κ3) is 13.9. The SMILES string of the molecule is C[C@H]1CCC/C=C/[C@@H]2C[C@H](OC(=O)CNC(=O)OC(C)(C)C)C[C@H]2[C@H](OC(=O)CNC(=O)OC(C)(C)C)/C=C/C(=O)O1. The van der Waals surface area contributed by atoms with Gasteiger partial charge in [-0.2, -0.15) is 0 Å². The average Bonchev–Trinajstić information content (AvgIpc) is 3.23. The summed E-state index contributed by atoms with van der Waals surface area (Å²) in [6.45, 7) is 11.3. The first-order valence-corrected chi connectivity index (χ1v) is 14.4. The van der Waals surface area contributed by atoms with Crippen molar-refractivity contribution in [3.8, 4) is 0 Å². The molecule has 1 heterocycles. The van der Waals surface area contributed by atoms with E-state index in [4.69, 9.17) is 23.7 Å². The van der Waals surface area contributed by atoms with Gasteiger partial charge in [-0.05, 0) is 92.6 Å². The van der Waals surface area contributed by atoms with Crippen molar-refractivity contribution in [2.24, 2.45) is 11.8 Å². The fraction of sp³-hybridized carbons (Fsp3) is 0.700. The number of allylic oxidation sites excluding steroid dienone is 2. The summed E-state index contributed by atoms with van der Waals surface area (Å²) in [4.78, 5) is 61.6. The Kier molecular flexibility index (Phi) is 12.9. The Balaban J connectivity index is 2.14. The van der Waals surface area contributed by atoms with E-state index in [9.17, 15) is 24.0 Å². The summed E-state index contributed by atoms with van der Waals surface area (Å²) < 4.78 is 27.1. The van der Waals surface area contributed by atoms with Crippen molar-refractivity contribution in [1.29, 1.82) is 0 Å². The maximum absolute atomic E-state index is 12.7. The predicted octanol–water partition coefficient (Wildman–Crippen LogP) is 4.11. The van der Waals surface area contributed by atoms with Gasteiger partial charge in [0.15, 0.2) is 0 Å². The van der Waals surface area contributed by atoms with Crippen LogP contribution in [0.4, 0.5) is 9.59 Å². The van der Waals surface area contributed by atoms with Gasteiger partial charge in [-0.1, -0.05) is 12.2 Å². The second-order valence-electron chi connectivity index (χ2n) is 12.5. The molecule has 0 radical (unpaired) electrons. The molecule has 0 aromatic heterocycles. The first-order chi connectivity index (χ1) is 19.5. The number of cyclic esters (lactones) is 1. The van der Waals surface area contributed by atoms with Crippen molar-refractivity contribution in [3.63, 3.8) is 0 Å². The van der Waals surface area contributed by atoms with Crippen molar-refractivity contribution in [3.05, 3.63) is 24.3 Å². The largest absolute Gasteiger partial charge is 0.461 e. The monoisotopic (exact) mass is 594 g/mol. The molecule has 1 aliphatic heterocycles. The fourth-order valence-electron chi connectivity index (χ4n) is 4.62. The Bertz CT molecular complexity index is 1020. The van der Waals surface area contributed by atoms with Crippen LogP contribution in [0.2, 0.25) is 0 Å². The Morgan fingerprint density at radius 2 is 1.45 bits per heavy atom. The molecule has 0 saturated heterocycles. The van der Waals surface area contributed by atoms with Gasteiger partial charge in [-0.25, -0.2) is 14.4 Å². The minimum absolute atomic E-state index is 0.142. The lowest BCUT2D eigenvalue weighted by atomic mass is 9.89. The third-order valence-electron chi connectivity index (χ3n) is 6.26. The molecule has 2 rings (SSSR count). The van der Waals surface area contributed by atoms with Crippen LogP contribution >= 0.6 is 0 Å². The topological polar surface area (TPSA) is 156 Å². The molecule has 1 saturated carbocycles. The molecule has 42 heavy (non-hydrogen) atoms. The van der Waals surface area contributed by atoms with Crippen molar-refractivity contribution >= 4 is 30.1 Å². The van der Waals surface area contributed by atoms with Crippen LogP contribution in [0.15, 0.2) is 24.3 Å². The number of carbonyl (C=O) groups is 5. The number of nitrogens with one attached hydrogen (secondary N) is 2. The molecule has 236 valence electrons. The summed E-state index contributed by atoms with van der Waals surface area (Å²) in [6.07, 6.45) is 6.65.